The summed E-state index contributed by atoms with van der Waals surface area (Å²) in [4.78, 5) is 4.11. The molecule has 0 saturated heterocycles. The van der Waals surface area contributed by atoms with Crippen LogP contribution in [0.1, 0.15) is 5.89 Å². The minimum atomic E-state index is 0.403. The Bertz CT molecular complexity index is 1030. The van der Waals surface area contributed by atoms with Gasteiger partial charge in [0.15, 0.2) is 11.0 Å². The molecule has 0 saturated carbocycles. The van der Waals surface area contributed by atoms with Crippen molar-refractivity contribution in [2.45, 2.75) is 10.9 Å². The minimum absolute atomic E-state index is 0.403. The lowest BCUT2D eigenvalue weighted by atomic mass is 10.2. The van der Waals surface area contributed by atoms with Gasteiger partial charge in [0.2, 0.25) is 11.8 Å². The predicted octanol–water partition coefficient (Wildman–Crippen LogP) is 3.87. The van der Waals surface area contributed by atoms with Crippen LogP contribution >= 0.6 is 23.4 Å². The number of hydrogen-bond acceptors (Lipinski definition) is 7. The first-order valence-electron chi connectivity index (χ1n) is 7.72. The Morgan fingerprint density at radius 2 is 1.96 bits per heavy atom. The first-order valence-corrected chi connectivity index (χ1v) is 9.08. The number of pyridine rings is 1. The Morgan fingerprint density at radius 1 is 1.08 bits per heavy atom. The molecular weight excluding hydrogens is 372 g/mol. The van der Waals surface area contributed by atoms with Crippen LogP contribution < -0.4 is 0 Å². The second-order valence-corrected chi connectivity index (χ2v) is 6.73. The molecule has 1 aromatic carbocycles. The van der Waals surface area contributed by atoms with Gasteiger partial charge in [-0.05, 0) is 24.3 Å². The molecule has 0 atom stereocenters. The van der Waals surface area contributed by atoms with Crippen molar-refractivity contribution in [3.8, 4) is 22.8 Å². The third kappa shape index (κ3) is 3.33. The Morgan fingerprint density at radius 3 is 2.77 bits per heavy atom. The molecule has 130 valence electrons. The van der Waals surface area contributed by atoms with E-state index in [2.05, 4.69) is 25.4 Å². The van der Waals surface area contributed by atoms with Gasteiger partial charge in [0.05, 0.1) is 16.3 Å². The average Bonchev–Trinajstić information content (AvgIpc) is 3.28. The highest BCUT2D eigenvalue weighted by molar-refractivity contribution is 7.98. The lowest BCUT2D eigenvalue weighted by Gasteiger charge is -2.02. The number of nitrogens with zero attached hydrogens (tertiary/aromatic N) is 6. The van der Waals surface area contributed by atoms with Crippen molar-refractivity contribution >= 4 is 23.4 Å². The molecular formula is C17H13ClN6OS. The summed E-state index contributed by atoms with van der Waals surface area (Å²) in [5.74, 6) is 2.13. The number of thioether (sulfide) groups is 1. The molecule has 3 heterocycles. The van der Waals surface area contributed by atoms with Crippen LogP contribution in [0.25, 0.3) is 22.8 Å². The van der Waals surface area contributed by atoms with Crippen LogP contribution in [0.2, 0.25) is 5.02 Å². The van der Waals surface area contributed by atoms with Crippen LogP contribution in [0.5, 0.6) is 0 Å². The zero-order chi connectivity index (χ0) is 17.9. The van der Waals surface area contributed by atoms with Crippen LogP contribution in [0, 0.1) is 0 Å². The molecule has 0 fully saturated rings. The fourth-order valence-electron chi connectivity index (χ4n) is 2.37. The molecule has 26 heavy (non-hydrogen) atoms. The van der Waals surface area contributed by atoms with Crippen molar-refractivity contribution in [3.63, 3.8) is 0 Å². The summed E-state index contributed by atoms with van der Waals surface area (Å²) in [6.07, 6.45) is 3.48. The first kappa shape index (κ1) is 16.7. The van der Waals surface area contributed by atoms with E-state index in [1.54, 1.807) is 18.5 Å². The Labute approximate surface area is 158 Å². The third-order valence-electron chi connectivity index (χ3n) is 3.65. The van der Waals surface area contributed by atoms with Gasteiger partial charge < -0.3 is 8.98 Å². The molecule has 0 aliphatic heterocycles. The second kappa shape index (κ2) is 7.27. The molecule has 0 aliphatic carbocycles. The van der Waals surface area contributed by atoms with Gasteiger partial charge in [-0.2, -0.15) is 0 Å². The maximum absolute atomic E-state index is 6.16. The maximum atomic E-state index is 6.16. The lowest BCUT2D eigenvalue weighted by molar-refractivity contribution is 0.528. The van der Waals surface area contributed by atoms with E-state index in [1.807, 2.05) is 41.9 Å². The van der Waals surface area contributed by atoms with Gasteiger partial charge in [0.1, 0.15) is 0 Å². The van der Waals surface area contributed by atoms with Crippen LogP contribution in [0.4, 0.5) is 0 Å². The highest BCUT2D eigenvalue weighted by atomic mass is 35.5. The SMILES string of the molecule is Cn1c(SCc2nnc(-c3ccccc3Cl)o2)nnc1-c1cccnc1. The van der Waals surface area contributed by atoms with Gasteiger partial charge in [-0.3, -0.25) is 4.98 Å². The van der Waals surface area contributed by atoms with Gasteiger partial charge in [-0.25, -0.2) is 0 Å². The smallest absolute Gasteiger partial charge is 0.249 e. The molecule has 0 aliphatic rings. The van der Waals surface area contributed by atoms with Gasteiger partial charge in [0.25, 0.3) is 0 Å². The highest BCUT2D eigenvalue weighted by Crippen LogP contribution is 2.28. The van der Waals surface area contributed by atoms with E-state index < -0.39 is 0 Å². The van der Waals surface area contributed by atoms with Crippen LogP contribution in [0.3, 0.4) is 0 Å². The molecule has 9 heteroatoms. The van der Waals surface area contributed by atoms with E-state index in [4.69, 9.17) is 16.0 Å². The van der Waals surface area contributed by atoms with Gasteiger partial charge in [-0.15, -0.1) is 20.4 Å². The standard InChI is InChI=1S/C17H13ClN6OS/c1-24-15(11-5-4-8-19-9-11)21-23-17(24)26-10-14-20-22-16(25-14)12-6-2-3-7-13(12)18/h2-9H,10H2,1H3. The van der Waals surface area contributed by atoms with Crippen molar-refractivity contribution in [3.05, 3.63) is 59.7 Å². The average molecular weight is 385 g/mol. The molecule has 0 bridgehead atoms. The fraction of sp³-hybridized carbons (Fsp3) is 0.118. The predicted molar refractivity (Wildman–Crippen MR) is 98.5 cm³/mol. The number of halogens is 1. The zero-order valence-corrected chi connectivity index (χ0v) is 15.3. The molecule has 0 amide bonds. The van der Waals surface area contributed by atoms with E-state index in [0.717, 1.165) is 22.1 Å². The van der Waals surface area contributed by atoms with Crippen LogP contribution in [0.15, 0.2) is 58.4 Å². The van der Waals surface area contributed by atoms with E-state index in [-0.39, 0.29) is 0 Å². The number of benzene rings is 1. The van der Waals surface area contributed by atoms with Crippen LogP contribution in [-0.4, -0.2) is 29.9 Å². The zero-order valence-electron chi connectivity index (χ0n) is 13.7. The van der Waals surface area contributed by atoms with Crippen LogP contribution in [-0.2, 0) is 12.8 Å². The third-order valence-corrected chi connectivity index (χ3v) is 4.99. The second-order valence-electron chi connectivity index (χ2n) is 5.38. The maximum Gasteiger partial charge on any atom is 0.249 e. The van der Waals surface area contributed by atoms with Crippen molar-refractivity contribution in [1.82, 2.24) is 29.9 Å². The molecule has 0 unspecified atom stereocenters. The Balaban J connectivity index is 1.49. The van der Waals surface area contributed by atoms with E-state index in [1.165, 1.54) is 11.8 Å². The van der Waals surface area contributed by atoms with E-state index in [0.29, 0.717) is 22.6 Å². The topological polar surface area (TPSA) is 82.5 Å². The molecule has 0 spiro atoms. The van der Waals surface area contributed by atoms with E-state index >= 15 is 0 Å². The summed E-state index contributed by atoms with van der Waals surface area (Å²) >= 11 is 7.63. The van der Waals surface area contributed by atoms with Gasteiger partial charge in [-0.1, -0.05) is 35.5 Å². The molecule has 0 radical (unpaired) electrons. The number of aromatic nitrogens is 6. The van der Waals surface area contributed by atoms with E-state index in [9.17, 15) is 0 Å². The molecule has 3 aromatic heterocycles. The van der Waals surface area contributed by atoms with Gasteiger partial charge >= 0.3 is 0 Å². The summed E-state index contributed by atoms with van der Waals surface area (Å²) in [7, 11) is 1.91. The number of rotatable bonds is 5. The molecule has 4 rings (SSSR count). The van der Waals surface area contributed by atoms with Crippen molar-refractivity contribution < 1.29 is 4.42 Å². The molecule has 4 aromatic rings. The van der Waals surface area contributed by atoms with Crippen molar-refractivity contribution in [2.24, 2.45) is 7.05 Å². The largest absolute Gasteiger partial charge is 0.420 e. The summed E-state index contributed by atoms with van der Waals surface area (Å²) in [5.41, 5.74) is 1.63. The van der Waals surface area contributed by atoms with Crippen molar-refractivity contribution in [2.75, 3.05) is 0 Å². The Hall–Kier alpha value is -2.71. The summed E-state index contributed by atoms with van der Waals surface area (Å²) in [6.45, 7) is 0. The quantitative estimate of drug-likeness (QED) is 0.483. The fourth-order valence-corrected chi connectivity index (χ4v) is 3.33. The van der Waals surface area contributed by atoms with Gasteiger partial charge in [0, 0.05) is 25.0 Å². The summed E-state index contributed by atoms with van der Waals surface area (Å²) in [5, 5.41) is 17.9. The first-order chi connectivity index (χ1) is 12.7. The summed E-state index contributed by atoms with van der Waals surface area (Å²) in [6, 6.07) is 11.2. The lowest BCUT2D eigenvalue weighted by Crippen LogP contribution is -1.95. The monoisotopic (exact) mass is 384 g/mol. The highest BCUT2D eigenvalue weighted by Gasteiger charge is 2.15. The van der Waals surface area contributed by atoms with Crippen molar-refractivity contribution in [1.29, 1.82) is 0 Å². The normalized spacial score (nSPS) is 11.0. The Kier molecular flexibility index (Phi) is 4.68. The summed E-state index contributed by atoms with van der Waals surface area (Å²) < 4.78 is 7.62. The molecule has 0 N–H and O–H groups in total. The number of hydrogen-bond donors (Lipinski definition) is 0. The minimum Gasteiger partial charge on any atom is -0.420 e. The molecule has 7 nitrogen and oxygen atoms in total.